The molecule has 4 rings (SSSR count). The first kappa shape index (κ1) is 15.1. The minimum atomic E-state index is 0.216. The van der Waals surface area contributed by atoms with E-state index in [1.807, 2.05) is 12.1 Å². The van der Waals surface area contributed by atoms with Crippen LogP contribution in [0.2, 0.25) is 10.0 Å². The van der Waals surface area contributed by atoms with Crippen molar-refractivity contribution in [2.75, 3.05) is 5.32 Å². The van der Waals surface area contributed by atoms with Gasteiger partial charge in [0.25, 0.3) is 0 Å². The molecular weight excluding hydrogens is 325 g/mol. The molecule has 0 bridgehead atoms. The molecular formula is C20H19Cl2N. The van der Waals surface area contributed by atoms with E-state index in [9.17, 15) is 0 Å². The largest absolute Gasteiger partial charge is 0.377 e. The Balaban J connectivity index is 1.85. The maximum atomic E-state index is 6.51. The van der Waals surface area contributed by atoms with Gasteiger partial charge in [0.15, 0.2) is 0 Å². The predicted molar refractivity (Wildman–Crippen MR) is 98.7 cm³/mol. The summed E-state index contributed by atoms with van der Waals surface area (Å²) in [5.74, 6) is 0.963. The molecule has 0 spiro atoms. The summed E-state index contributed by atoms with van der Waals surface area (Å²) in [5, 5.41) is 5.21. The average molecular weight is 344 g/mol. The standard InChI is InChI=1S/C20H19Cl2N/c1-11-6-8-16-14-4-3-5-15(14)20(23-19(16)12(11)2)17-9-7-13(21)10-18(17)22/h3-4,6-10,14-15,20,23H,5H2,1-2H3. The number of hydrogen-bond acceptors (Lipinski definition) is 1. The van der Waals surface area contributed by atoms with Crippen LogP contribution in [0.25, 0.3) is 0 Å². The molecule has 0 saturated carbocycles. The molecule has 1 N–H and O–H groups in total. The highest BCUT2D eigenvalue weighted by molar-refractivity contribution is 6.35. The molecule has 0 amide bonds. The SMILES string of the molecule is Cc1ccc2c(c1C)NC(c1ccc(Cl)cc1Cl)C1CC=CC21. The Morgan fingerprint density at radius 3 is 2.61 bits per heavy atom. The Morgan fingerprint density at radius 2 is 1.83 bits per heavy atom. The lowest BCUT2D eigenvalue weighted by atomic mass is 9.76. The van der Waals surface area contributed by atoms with E-state index in [4.69, 9.17) is 23.2 Å². The quantitative estimate of drug-likeness (QED) is 0.587. The van der Waals surface area contributed by atoms with E-state index in [2.05, 4.69) is 49.5 Å². The van der Waals surface area contributed by atoms with Gasteiger partial charge in [0.05, 0.1) is 6.04 Å². The predicted octanol–water partition coefficient (Wildman–Crippen LogP) is 6.44. The molecule has 2 aromatic carbocycles. The smallest absolute Gasteiger partial charge is 0.0568 e. The third-order valence-corrected chi connectivity index (χ3v) is 5.93. The molecule has 1 heterocycles. The van der Waals surface area contributed by atoms with Crippen LogP contribution >= 0.6 is 23.2 Å². The van der Waals surface area contributed by atoms with Crippen LogP contribution in [-0.2, 0) is 0 Å². The topological polar surface area (TPSA) is 12.0 Å². The molecule has 23 heavy (non-hydrogen) atoms. The van der Waals surface area contributed by atoms with Crippen LogP contribution in [-0.4, -0.2) is 0 Å². The first-order valence-corrected chi connectivity index (χ1v) is 8.80. The van der Waals surface area contributed by atoms with Crippen molar-refractivity contribution in [3.8, 4) is 0 Å². The monoisotopic (exact) mass is 343 g/mol. The molecule has 3 atom stereocenters. The van der Waals surface area contributed by atoms with Crippen LogP contribution in [0.4, 0.5) is 5.69 Å². The van der Waals surface area contributed by atoms with E-state index in [-0.39, 0.29) is 6.04 Å². The summed E-state index contributed by atoms with van der Waals surface area (Å²) in [4.78, 5) is 0. The summed E-state index contributed by atoms with van der Waals surface area (Å²) in [6.45, 7) is 4.36. The average Bonchev–Trinajstić information content (AvgIpc) is 3.00. The molecule has 0 saturated heterocycles. The van der Waals surface area contributed by atoms with Gasteiger partial charge < -0.3 is 5.32 Å². The van der Waals surface area contributed by atoms with Crippen LogP contribution < -0.4 is 5.32 Å². The minimum Gasteiger partial charge on any atom is -0.377 e. The fourth-order valence-electron chi connectivity index (χ4n) is 3.98. The van der Waals surface area contributed by atoms with Crippen molar-refractivity contribution in [1.82, 2.24) is 0 Å². The Hall–Kier alpha value is -1.44. The second kappa shape index (κ2) is 5.58. The Morgan fingerprint density at radius 1 is 1.04 bits per heavy atom. The van der Waals surface area contributed by atoms with E-state index in [1.165, 1.54) is 22.4 Å². The van der Waals surface area contributed by atoms with Crippen LogP contribution in [0.5, 0.6) is 0 Å². The van der Waals surface area contributed by atoms with E-state index in [0.29, 0.717) is 16.9 Å². The highest BCUT2D eigenvalue weighted by atomic mass is 35.5. The van der Waals surface area contributed by atoms with Crippen LogP contribution in [0.1, 0.15) is 40.6 Å². The van der Waals surface area contributed by atoms with Gasteiger partial charge in [0.1, 0.15) is 0 Å². The molecule has 118 valence electrons. The Labute approximate surface area is 147 Å². The Bertz CT molecular complexity index is 810. The molecule has 0 radical (unpaired) electrons. The van der Waals surface area contributed by atoms with Gasteiger partial charge >= 0.3 is 0 Å². The summed E-state index contributed by atoms with van der Waals surface area (Å²) in [6.07, 6.45) is 5.74. The Kier molecular flexibility index (Phi) is 3.66. The number of fused-ring (bicyclic) bond motifs is 3. The second-order valence-corrected chi connectivity index (χ2v) is 7.46. The maximum Gasteiger partial charge on any atom is 0.0568 e. The van der Waals surface area contributed by atoms with Gasteiger partial charge in [-0.3, -0.25) is 0 Å². The molecule has 3 heteroatoms. The maximum absolute atomic E-state index is 6.51. The van der Waals surface area contributed by atoms with Crippen molar-refractivity contribution in [1.29, 1.82) is 0 Å². The molecule has 2 aromatic rings. The number of nitrogens with one attached hydrogen (secondary N) is 1. The first-order valence-electron chi connectivity index (χ1n) is 8.04. The van der Waals surface area contributed by atoms with E-state index in [1.54, 1.807) is 0 Å². The number of hydrogen-bond donors (Lipinski definition) is 1. The van der Waals surface area contributed by atoms with Gasteiger partial charge in [-0.05, 0) is 60.6 Å². The third kappa shape index (κ3) is 2.38. The van der Waals surface area contributed by atoms with Crippen molar-refractivity contribution in [3.05, 3.63) is 74.8 Å². The summed E-state index contributed by atoms with van der Waals surface area (Å²) < 4.78 is 0. The molecule has 1 nitrogen and oxygen atoms in total. The minimum absolute atomic E-state index is 0.216. The summed E-state index contributed by atoms with van der Waals surface area (Å²) in [5.41, 5.74) is 6.47. The van der Waals surface area contributed by atoms with Crippen molar-refractivity contribution in [2.24, 2.45) is 5.92 Å². The number of aryl methyl sites for hydroxylation is 1. The van der Waals surface area contributed by atoms with Crippen LogP contribution in [0, 0.1) is 19.8 Å². The molecule has 2 aliphatic rings. The van der Waals surface area contributed by atoms with Crippen molar-refractivity contribution in [2.45, 2.75) is 32.2 Å². The third-order valence-electron chi connectivity index (χ3n) is 5.37. The van der Waals surface area contributed by atoms with Crippen molar-refractivity contribution < 1.29 is 0 Å². The summed E-state index contributed by atoms with van der Waals surface area (Å²) in [6, 6.07) is 10.6. The zero-order chi connectivity index (χ0) is 16.1. The van der Waals surface area contributed by atoms with Crippen LogP contribution in [0.15, 0.2) is 42.5 Å². The number of anilines is 1. The first-order chi connectivity index (χ1) is 11.1. The number of allylic oxidation sites excluding steroid dienone is 2. The number of benzene rings is 2. The highest BCUT2D eigenvalue weighted by Gasteiger charge is 2.39. The summed E-state index contributed by atoms with van der Waals surface area (Å²) in [7, 11) is 0. The van der Waals surface area contributed by atoms with E-state index >= 15 is 0 Å². The van der Waals surface area contributed by atoms with Gasteiger partial charge in [-0.15, -0.1) is 0 Å². The van der Waals surface area contributed by atoms with Gasteiger partial charge in [0.2, 0.25) is 0 Å². The van der Waals surface area contributed by atoms with Crippen LogP contribution in [0.3, 0.4) is 0 Å². The van der Waals surface area contributed by atoms with Crippen molar-refractivity contribution in [3.63, 3.8) is 0 Å². The molecule has 0 fully saturated rings. The number of halogens is 2. The van der Waals surface area contributed by atoms with E-state index < -0.39 is 0 Å². The van der Waals surface area contributed by atoms with Gasteiger partial charge in [0, 0.05) is 21.7 Å². The van der Waals surface area contributed by atoms with Gasteiger partial charge in [-0.1, -0.05) is 53.6 Å². The molecule has 1 aliphatic carbocycles. The fraction of sp³-hybridized carbons (Fsp3) is 0.300. The normalized spacial score (nSPS) is 25.0. The lowest BCUT2D eigenvalue weighted by Gasteiger charge is -2.39. The summed E-state index contributed by atoms with van der Waals surface area (Å²) >= 11 is 12.6. The zero-order valence-electron chi connectivity index (χ0n) is 13.2. The van der Waals surface area contributed by atoms with Gasteiger partial charge in [-0.2, -0.15) is 0 Å². The molecule has 3 unspecified atom stereocenters. The van der Waals surface area contributed by atoms with Crippen molar-refractivity contribution >= 4 is 28.9 Å². The van der Waals surface area contributed by atoms with E-state index in [0.717, 1.165) is 17.0 Å². The van der Waals surface area contributed by atoms with Gasteiger partial charge in [-0.25, -0.2) is 0 Å². The fourth-order valence-corrected chi connectivity index (χ4v) is 4.51. The number of rotatable bonds is 1. The second-order valence-electron chi connectivity index (χ2n) is 6.61. The molecule has 1 aliphatic heterocycles. The molecule has 0 aromatic heterocycles. The highest BCUT2D eigenvalue weighted by Crippen LogP contribution is 2.51. The lowest BCUT2D eigenvalue weighted by Crippen LogP contribution is -2.30. The lowest BCUT2D eigenvalue weighted by molar-refractivity contribution is 0.425. The zero-order valence-corrected chi connectivity index (χ0v) is 14.7.